The number of halogens is 1. The van der Waals surface area contributed by atoms with E-state index in [2.05, 4.69) is 0 Å². The summed E-state index contributed by atoms with van der Waals surface area (Å²) >= 11 is 0. The van der Waals surface area contributed by atoms with Crippen molar-refractivity contribution in [3.05, 3.63) is 35.9 Å². The molecule has 0 radical (unpaired) electrons. The number of rotatable bonds is 3. The van der Waals surface area contributed by atoms with Crippen LogP contribution in [0.3, 0.4) is 0 Å². The third-order valence-electron chi connectivity index (χ3n) is 1.09. The van der Waals surface area contributed by atoms with Crippen LogP contribution in [0.4, 0.5) is 4.39 Å². The van der Waals surface area contributed by atoms with Crippen LogP contribution in [0.2, 0.25) is 0 Å². The molecule has 0 unspecified atom stereocenters. The molecule has 0 saturated heterocycles. The SMILES string of the molecule is C\C=C/C(F)=C(\C=C/C)OC. The summed E-state index contributed by atoms with van der Waals surface area (Å²) in [6.07, 6.45) is 6.29. The van der Waals surface area contributed by atoms with Gasteiger partial charge in [0.1, 0.15) is 0 Å². The second kappa shape index (κ2) is 5.71. The van der Waals surface area contributed by atoms with Crippen LogP contribution in [-0.2, 0) is 4.74 Å². The average molecular weight is 156 g/mol. The lowest BCUT2D eigenvalue weighted by Crippen LogP contribution is -1.84. The number of ether oxygens (including phenoxy) is 1. The molecule has 0 fully saturated rings. The molecule has 0 bridgehead atoms. The van der Waals surface area contributed by atoms with Crippen molar-refractivity contribution < 1.29 is 9.13 Å². The Morgan fingerprint density at radius 1 is 1.18 bits per heavy atom. The molecule has 0 N–H and O–H groups in total. The Kier molecular flexibility index (Phi) is 5.17. The quantitative estimate of drug-likeness (QED) is 0.451. The summed E-state index contributed by atoms with van der Waals surface area (Å²) < 4.78 is 17.6. The van der Waals surface area contributed by atoms with Crippen LogP contribution >= 0.6 is 0 Å². The molecule has 11 heavy (non-hydrogen) atoms. The highest BCUT2D eigenvalue weighted by Crippen LogP contribution is 2.09. The van der Waals surface area contributed by atoms with Crippen molar-refractivity contribution >= 4 is 0 Å². The van der Waals surface area contributed by atoms with Crippen molar-refractivity contribution in [2.24, 2.45) is 0 Å². The second-order valence-electron chi connectivity index (χ2n) is 1.92. The van der Waals surface area contributed by atoms with Crippen molar-refractivity contribution in [1.82, 2.24) is 0 Å². The maximum atomic E-state index is 12.9. The zero-order chi connectivity index (χ0) is 8.69. The first-order valence-corrected chi connectivity index (χ1v) is 3.45. The standard InChI is InChI=1S/C9H13FO/c1-4-6-8(10)9(11-3)7-5-2/h4-7H,1-3H3/b6-4-,7-5-,9-8-. The Bertz CT molecular complexity index is 190. The molecule has 0 aromatic heterocycles. The zero-order valence-electron chi connectivity index (χ0n) is 7.10. The van der Waals surface area contributed by atoms with Gasteiger partial charge in [-0.2, -0.15) is 0 Å². The van der Waals surface area contributed by atoms with E-state index >= 15 is 0 Å². The van der Waals surface area contributed by atoms with Gasteiger partial charge in [-0.1, -0.05) is 12.2 Å². The Morgan fingerprint density at radius 2 is 1.73 bits per heavy atom. The molecule has 0 amide bonds. The van der Waals surface area contributed by atoms with Crippen LogP contribution in [0, 0.1) is 0 Å². The van der Waals surface area contributed by atoms with Gasteiger partial charge in [-0.05, 0) is 26.0 Å². The zero-order valence-corrected chi connectivity index (χ0v) is 7.10. The van der Waals surface area contributed by atoms with E-state index in [1.54, 1.807) is 25.2 Å². The van der Waals surface area contributed by atoms with Crippen LogP contribution < -0.4 is 0 Å². The molecule has 0 aliphatic heterocycles. The van der Waals surface area contributed by atoms with Gasteiger partial charge in [-0.25, -0.2) is 4.39 Å². The van der Waals surface area contributed by atoms with Crippen molar-refractivity contribution in [1.29, 1.82) is 0 Å². The molecule has 0 aromatic rings. The number of allylic oxidation sites excluding steroid dienone is 5. The monoisotopic (exact) mass is 156 g/mol. The number of hydrogen-bond donors (Lipinski definition) is 0. The van der Waals surface area contributed by atoms with Gasteiger partial charge in [-0.15, -0.1) is 0 Å². The molecule has 0 rings (SSSR count). The van der Waals surface area contributed by atoms with Gasteiger partial charge in [0.05, 0.1) is 7.11 Å². The first kappa shape index (κ1) is 9.95. The van der Waals surface area contributed by atoms with E-state index in [0.717, 1.165) is 0 Å². The van der Waals surface area contributed by atoms with Crippen molar-refractivity contribution in [3.8, 4) is 0 Å². The van der Waals surface area contributed by atoms with E-state index in [-0.39, 0.29) is 11.6 Å². The van der Waals surface area contributed by atoms with E-state index in [0.29, 0.717) is 0 Å². The fraction of sp³-hybridized carbons (Fsp3) is 0.333. The molecule has 0 heterocycles. The largest absolute Gasteiger partial charge is 0.494 e. The predicted molar refractivity (Wildman–Crippen MR) is 44.8 cm³/mol. The van der Waals surface area contributed by atoms with Gasteiger partial charge >= 0.3 is 0 Å². The average Bonchev–Trinajstić information content (AvgIpc) is 2.00. The smallest absolute Gasteiger partial charge is 0.164 e. The van der Waals surface area contributed by atoms with Crippen molar-refractivity contribution in [2.45, 2.75) is 13.8 Å². The van der Waals surface area contributed by atoms with Crippen molar-refractivity contribution in [3.63, 3.8) is 0 Å². The second-order valence-corrected chi connectivity index (χ2v) is 1.92. The predicted octanol–water partition coefficient (Wildman–Crippen LogP) is 2.97. The fourth-order valence-electron chi connectivity index (χ4n) is 0.625. The van der Waals surface area contributed by atoms with Crippen molar-refractivity contribution in [2.75, 3.05) is 7.11 Å². The van der Waals surface area contributed by atoms with E-state index < -0.39 is 0 Å². The molecular weight excluding hydrogens is 143 g/mol. The summed E-state index contributed by atoms with van der Waals surface area (Å²) in [5, 5.41) is 0. The summed E-state index contributed by atoms with van der Waals surface area (Å²) in [5.41, 5.74) is 0. The lowest BCUT2D eigenvalue weighted by atomic mass is 10.3. The molecule has 0 saturated carbocycles. The highest BCUT2D eigenvalue weighted by molar-refractivity contribution is 5.23. The summed E-state index contributed by atoms with van der Waals surface area (Å²) in [5.74, 6) is -0.0984. The van der Waals surface area contributed by atoms with Crippen LogP contribution in [0.5, 0.6) is 0 Å². The third-order valence-corrected chi connectivity index (χ3v) is 1.09. The Morgan fingerprint density at radius 3 is 2.09 bits per heavy atom. The van der Waals surface area contributed by atoms with Crippen LogP contribution in [0.25, 0.3) is 0 Å². The minimum atomic E-state index is -0.354. The Hall–Kier alpha value is -1.05. The maximum absolute atomic E-state index is 12.9. The Balaban J connectivity index is 4.52. The summed E-state index contributed by atoms with van der Waals surface area (Å²) in [4.78, 5) is 0. The Labute approximate surface area is 66.9 Å². The minimum Gasteiger partial charge on any atom is -0.494 e. The van der Waals surface area contributed by atoms with Crippen LogP contribution in [0.1, 0.15) is 13.8 Å². The van der Waals surface area contributed by atoms with Gasteiger partial charge in [-0.3, -0.25) is 0 Å². The molecule has 0 aliphatic rings. The lowest BCUT2D eigenvalue weighted by molar-refractivity contribution is 0.293. The molecule has 1 nitrogen and oxygen atoms in total. The highest BCUT2D eigenvalue weighted by atomic mass is 19.1. The molecule has 0 aliphatic carbocycles. The molecular formula is C9H13FO. The van der Waals surface area contributed by atoms with E-state index in [1.165, 1.54) is 13.2 Å². The maximum Gasteiger partial charge on any atom is 0.164 e. The van der Waals surface area contributed by atoms with Crippen LogP contribution in [0.15, 0.2) is 35.9 Å². The topological polar surface area (TPSA) is 9.23 Å². The molecule has 0 spiro atoms. The summed E-state index contributed by atoms with van der Waals surface area (Å²) in [7, 11) is 1.44. The van der Waals surface area contributed by atoms with E-state index in [9.17, 15) is 4.39 Å². The number of hydrogen-bond acceptors (Lipinski definition) is 1. The first-order valence-electron chi connectivity index (χ1n) is 3.45. The van der Waals surface area contributed by atoms with E-state index in [1.807, 2.05) is 6.92 Å². The molecule has 2 heteroatoms. The van der Waals surface area contributed by atoms with E-state index in [4.69, 9.17) is 4.74 Å². The normalized spacial score (nSPS) is 14.2. The summed E-state index contributed by atoms with van der Waals surface area (Å²) in [6, 6.07) is 0. The first-order chi connectivity index (χ1) is 5.26. The van der Waals surface area contributed by atoms with Gasteiger partial charge in [0.2, 0.25) is 0 Å². The molecule has 62 valence electrons. The lowest BCUT2D eigenvalue weighted by Gasteiger charge is -1.98. The number of methoxy groups -OCH3 is 1. The molecule has 0 atom stereocenters. The highest BCUT2D eigenvalue weighted by Gasteiger charge is 1.96. The van der Waals surface area contributed by atoms with Gasteiger partial charge in [0.15, 0.2) is 11.6 Å². The van der Waals surface area contributed by atoms with Crippen LogP contribution in [-0.4, -0.2) is 7.11 Å². The van der Waals surface area contributed by atoms with Gasteiger partial charge in [0, 0.05) is 0 Å². The van der Waals surface area contributed by atoms with Gasteiger partial charge in [0.25, 0.3) is 0 Å². The van der Waals surface area contributed by atoms with Gasteiger partial charge < -0.3 is 4.74 Å². The third kappa shape index (κ3) is 3.61. The molecule has 0 aromatic carbocycles. The summed E-state index contributed by atoms with van der Waals surface area (Å²) in [6.45, 7) is 3.56. The fourth-order valence-corrected chi connectivity index (χ4v) is 0.625. The minimum absolute atomic E-state index is 0.255.